The van der Waals surface area contributed by atoms with E-state index in [1.165, 1.54) is 44.9 Å². The Bertz CT molecular complexity index is 969. The second kappa shape index (κ2) is 8.19. The van der Waals surface area contributed by atoms with Gasteiger partial charge >= 0.3 is 0 Å². The van der Waals surface area contributed by atoms with Crippen molar-refractivity contribution in [3.8, 4) is 0 Å². The van der Waals surface area contributed by atoms with E-state index >= 15 is 0 Å². The van der Waals surface area contributed by atoms with Crippen LogP contribution in [-0.2, 0) is 18.9 Å². The Hall–Kier alpha value is -0.240. The van der Waals surface area contributed by atoms with E-state index in [0.29, 0.717) is 34.6 Å². The maximum Gasteiger partial charge on any atom is 0.170 e. The lowest BCUT2D eigenvalue weighted by molar-refractivity contribution is -0.256. The molecule has 5 aliphatic carbocycles. The molecule has 6 nitrogen and oxygen atoms in total. The first-order valence-corrected chi connectivity index (χ1v) is 16.1. The minimum Gasteiger partial charge on any atom is -0.390 e. The zero-order chi connectivity index (χ0) is 26.1. The van der Waals surface area contributed by atoms with Crippen molar-refractivity contribution in [2.45, 2.75) is 116 Å². The summed E-state index contributed by atoms with van der Waals surface area (Å²) in [5.74, 6) is 1.86. The molecule has 1 N–H and O–H groups in total. The third kappa shape index (κ3) is 2.96. The summed E-state index contributed by atoms with van der Waals surface area (Å²) in [6, 6.07) is 0.549. The second-order valence-electron chi connectivity index (χ2n) is 15.9. The average molecular weight is 530 g/mol. The Morgan fingerprint density at radius 3 is 2.45 bits per heavy atom. The predicted octanol–water partition coefficient (Wildman–Crippen LogP) is 4.63. The van der Waals surface area contributed by atoms with Crippen LogP contribution >= 0.6 is 0 Å². The molecule has 0 aromatic carbocycles. The van der Waals surface area contributed by atoms with Crippen molar-refractivity contribution in [1.82, 2.24) is 4.90 Å². The van der Waals surface area contributed by atoms with E-state index < -0.39 is 0 Å². The number of aliphatic hydroxyl groups excluding tert-OH is 1. The lowest BCUT2D eigenvalue weighted by atomic mass is 9.41. The molecule has 6 heteroatoms. The molecule has 3 heterocycles. The molecule has 8 fully saturated rings. The molecule has 4 unspecified atom stereocenters. The monoisotopic (exact) mass is 529 g/mol. The maximum atomic E-state index is 11.9. The van der Waals surface area contributed by atoms with Gasteiger partial charge in [0.15, 0.2) is 6.29 Å². The quantitative estimate of drug-likeness (QED) is 0.575. The zero-order valence-corrected chi connectivity index (χ0v) is 24.3. The van der Waals surface area contributed by atoms with Crippen LogP contribution in [0.25, 0.3) is 0 Å². The molecule has 0 bridgehead atoms. The van der Waals surface area contributed by atoms with Gasteiger partial charge in [-0.2, -0.15) is 0 Å². The SMILES string of the molecule is CC1(C)C2CCC3C4(CC[C@]5(C)[C@H]6CCCOC6[C@H](O)[C@@]35C)C[C@]24CC[C@@H]1O[C@H]1CN(C2COC2)CCO1. The lowest BCUT2D eigenvalue weighted by Gasteiger charge is -2.63. The largest absolute Gasteiger partial charge is 0.390 e. The molecule has 38 heavy (non-hydrogen) atoms. The van der Waals surface area contributed by atoms with Gasteiger partial charge in [0.2, 0.25) is 0 Å². The van der Waals surface area contributed by atoms with Gasteiger partial charge in [-0.25, -0.2) is 0 Å². The van der Waals surface area contributed by atoms with Crippen LogP contribution in [0.2, 0.25) is 0 Å². The normalized spacial score (nSPS) is 57.6. The van der Waals surface area contributed by atoms with E-state index in [9.17, 15) is 5.11 Å². The number of aliphatic hydroxyl groups is 1. The number of hydrogen-bond acceptors (Lipinski definition) is 6. The van der Waals surface area contributed by atoms with E-state index in [0.717, 1.165) is 52.4 Å². The molecule has 2 spiro atoms. The fourth-order valence-corrected chi connectivity index (χ4v) is 12.6. The van der Waals surface area contributed by atoms with Gasteiger partial charge in [-0.1, -0.05) is 27.7 Å². The summed E-state index contributed by atoms with van der Waals surface area (Å²) in [4.78, 5) is 2.52. The zero-order valence-electron chi connectivity index (χ0n) is 24.3. The summed E-state index contributed by atoms with van der Waals surface area (Å²) in [5, 5.41) is 11.9. The van der Waals surface area contributed by atoms with Crippen molar-refractivity contribution < 1.29 is 24.1 Å². The van der Waals surface area contributed by atoms with Gasteiger partial charge in [0.1, 0.15) is 0 Å². The van der Waals surface area contributed by atoms with Gasteiger partial charge in [-0.05, 0) is 97.2 Å². The molecule has 8 aliphatic rings. The number of morpholine rings is 1. The topological polar surface area (TPSA) is 60.4 Å². The van der Waals surface area contributed by atoms with Crippen molar-refractivity contribution in [1.29, 1.82) is 0 Å². The third-order valence-electron chi connectivity index (χ3n) is 14.8. The maximum absolute atomic E-state index is 11.9. The van der Waals surface area contributed by atoms with E-state index in [-0.39, 0.29) is 40.8 Å². The lowest BCUT2D eigenvalue weighted by Crippen LogP contribution is -2.60. The van der Waals surface area contributed by atoms with Crippen LogP contribution in [-0.4, -0.2) is 80.2 Å². The Kier molecular flexibility index (Phi) is 5.49. The van der Waals surface area contributed by atoms with Crippen LogP contribution in [0.5, 0.6) is 0 Å². The fraction of sp³-hybridized carbons (Fsp3) is 1.00. The summed E-state index contributed by atoms with van der Waals surface area (Å²) < 4.78 is 24.8. The molecule has 0 aromatic rings. The fourth-order valence-electron chi connectivity index (χ4n) is 12.6. The molecule has 11 atom stereocenters. The molecule has 0 amide bonds. The summed E-state index contributed by atoms with van der Waals surface area (Å²) in [6.07, 6.45) is 11.3. The highest BCUT2D eigenvalue weighted by molar-refractivity contribution is 5.32. The minimum atomic E-state index is -0.311. The highest BCUT2D eigenvalue weighted by atomic mass is 16.7. The average Bonchev–Trinajstić information content (AvgIpc) is 3.50. The summed E-state index contributed by atoms with van der Waals surface area (Å²) in [5.41, 5.74) is 1.19. The van der Waals surface area contributed by atoms with Crippen LogP contribution in [0.1, 0.15) is 85.5 Å². The van der Waals surface area contributed by atoms with Crippen LogP contribution in [0, 0.1) is 44.8 Å². The molecule has 214 valence electrons. The van der Waals surface area contributed by atoms with Crippen LogP contribution in [0.15, 0.2) is 0 Å². The van der Waals surface area contributed by atoms with E-state index in [2.05, 4.69) is 32.6 Å². The summed E-state index contributed by atoms with van der Waals surface area (Å²) >= 11 is 0. The highest BCUT2D eigenvalue weighted by Crippen LogP contribution is 2.89. The van der Waals surface area contributed by atoms with Crippen molar-refractivity contribution in [3.05, 3.63) is 0 Å². The number of rotatable bonds is 3. The van der Waals surface area contributed by atoms with Crippen LogP contribution in [0.4, 0.5) is 0 Å². The first-order chi connectivity index (χ1) is 18.2. The molecular formula is C32H51NO5. The number of ether oxygens (including phenoxy) is 4. The van der Waals surface area contributed by atoms with Gasteiger partial charge in [0.25, 0.3) is 0 Å². The Morgan fingerprint density at radius 2 is 1.66 bits per heavy atom. The van der Waals surface area contributed by atoms with Crippen LogP contribution < -0.4 is 0 Å². The Labute approximate surface area is 229 Å². The van der Waals surface area contributed by atoms with E-state index in [1.807, 2.05) is 0 Å². The van der Waals surface area contributed by atoms with Crippen molar-refractivity contribution in [2.75, 3.05) is 39.5 Å². The van der Waals surface area contributed by atoms with Gasteiger partial charge in [-0.15, -0.1) is 0 Å². The number of fused-ring (bicyclic) bond motifs is 4. The summed E-state index contributed by atoms with van der Waals surface area (Å²) in [7, 11) is 0. The first-order valence-electron chi connectivity index (χ1n) is 16.1. The van der Waals surface area contributed by atoms with Crippen LogP contribution in [0.3, 0.4) is 0 Å². The first kappa shape index (κ1) is 25.5. The van der Waals surface area contributed by atoms with Crippen molar-refractivity contribution in [3.63, 3.8) is 0 Å². The molecule has 3 saturated heterocycles. The van der Waals surface area contributed by atoms with Gasteiger partial charge in [0, 0.05) is 18.6 Å². The molecule has 8 rings (SSSR count). The smallest absolute Gasteiger partial charge is 0.170 e. The highest BCUT2D eigenvalue weighted by Gasteiger charge is 2.84. The van der Waals surface area contributed by atoms with E-state index in [4.69, 9.17) is 18.9 Å². The standard InChI is InChI=1S/C32H51NO5/c1-28(2)22-7-8-23-30(4)27(34)26-21(6-5-14-37-26)29(30,3)11-12-32(23)19-31(22,32)10-9-24(28)38-25-16-33(13-15-36-25)20-17-35-18-20/h20-27,34H,5-19H2,1-4H3/t21-,22?,23?,24-,25-,26?,27-,29+,30+,31+,32?/m0/s1. The van der Waals surface area contributed by atoms with Gasteiger partial charge in [0.05, 0.1) is 50.7 Å². The second-order valence-corrected chi connectivity index (χ2v) is 15.9. The minimum absolute atomic E-state index is 0.0263. The molecule has 3 aliphatic heterocycles. The Balaban J connectivity index is 1.04. The molecule has 0 radical (unpaired) electrons. The van der Waals surface area contributed by atoms with Gasteiger partial charge in [-0.3, -0.25) is 4.90 Å². The number of nitrogens with zero attached hydrogens (tertiary/aromatic N) is 1. The molecule has 0 aromatic heterocycles. The van der Waals surface area contributed by atoms with Gasteiger partial charge < -0.3 is 24.1 Å². The van der Waals surface area contributed by atoms with Crippen molar-refractivity contribution >= 4 is 0 Å². The van der Waals surface area contributed by atoms with Crippen molar-refractivity contribution in [2.24, 2.45) is 44.8 Å². The Morgan fingerprint density at radius 1 is 0.868 bits per heavy atom. The summed E-state index contributed by atoms with van der Waals surface area (Å²) in [6.45, 7) is 15.2. The number of hydrogen-bond donors (Lipinski definition) is 1. The molecule has 5 saturated carbocycles. The predicted molar refractivity (Wildman–Crippen MR) is 143 cm³/mol. The molecular weight excluding hydrogens is 478 g/mol. The third-order valence-corrected chi connectivity index (χ3v) is 14.8. The van der Waals surface area contributed by atoms with E-state index in [1.54, 1.807) is 0 Å².